The molecule has 3 aromatic rings. The fraction of sp³-hybridized carbons (Fsp3) is 0.541. The summed E-state index contributed by atoms with van der Waals surface area (Å²) in [6.07, 6.45) is -5.30. The molecule has 2 unspecified atom stereocenters. The molecule has 1 spiro atoms. The van der Waals surface area contributed by atoms with Gasteiger partial charge in [-0.25, -0.2) is 14.8 Å². The van der Waals surface area contributed by atoms with Gasteiger partial charge in [-0.15, -0.1) is 0 Å². The molecule has 1 amide bonds. The number of hydrogen-bond acceptors (Lipinski definition) is 7. The molecule has 0 bridgehead atoms. The Hall–Kier alpha value is -4.07. The number of aromatic nitrogens is 2. The van der Waals surface area contributed by atoms with Gasteiger partial charge in [-0.3, -0.25) is 4.90 Å². The van der Waals surface area contributed by atoms with Crippen LogP contribution in [-0.2, 0) is 34.8 Å². The number of benzene rings is 2. The predicted molar refractivity (Wildman–Crippen MR) is 179 cm³/mol. The van der Waals surface area contributed by atoms with E-state index in [2.05, 4.69) is 14.9 Å². The SMILES string of the molecule is CC1CC12C[C@H](N(Cc1cc(C(F)(F)F)cc(C(F)(F)F)c1)c1ncc(N3CCOCC3)cn1)C[C@H](Cc1ccccc1)N2C(=O)OC(C)(C)C. The maximum atomic E-state index is 14.0. The lowest BCUT2D eigenvalue weighted by molar-refractivity contribution is -0.143. The molecule has 2 aliphatic heterocycles. The number of rotatable bonds is 7. The first-order valence-electron chi connectivity index (χ1n) is 17.2. The number of piperidine rings is 1. The van der Waals surface area contributed by atoms with Crippen molar-refractivity contribution in [2.75, 3.05) is 36.1 Å². The molecule has 276 valence electrons. The number of amides is 1. The number of halogens is 6. The van der Waals surface area contributed by atoms with E-state index in [0.29, 0.717) is 52.0 Å². The predicted octanol–water partition coefficient (Wildman–Crippen LogP) is 8.15. The van der Waals surface area contributed by atoms with Crippen molar-refractivity contribution in [2.24, 2.45) is 5.92 Å². The number of alkyl halides is 6. The molecule has 1 aromatic heterocycles. The first kappa shape index (κ1) is 36.7. The highest BCUT2D eigenvalue weighted by Crippen LogP contribution is 2.57. The zero-order chi connectivity index (χ0) is 36.8. The second kappa shape index (κ2) is 13.8. The van der Waals surface area contributed by atoms with Gasteiger partial charge >= 0.3 is 18.4 Å². The Bertz CT molecular complexity index is 1640. The van der Waals surface area contributed by atoms with Crippen molar-refractivity contribution in [3.8, 4) is 0 Å². The topological polar surface area (TPSA) is 71.0 Å². The van der Waals surface area contributed by atoms with Gasteiger partial charge < -0.3 is 19.3 Å². The van der Waals surface area contributed by atoms with E-state index >= 15 is 0 Å². The van der Waals surface area contributed by atoms with Crippen molar-refractivity contribution in [1.29, 1.82) is 0 Å². The summed E-state index contributed by atoms with van der Waals surface area (Å²) in [5.74, 6) is 0.249. The van der Waals surface area contributed by atoms with Crippen molar-refractivity contribution >= 4 is 17.7 Å². The Balaban J connectivity index is 1.42. The lowest BCUT2D eigenvalue weighted by atomic mass is 9.84. The van der Waals surface area contributed by atoms with Crippen LogP contribution in [0.2, 0.25) is 0 Å². The maximum Gasteiger partial charge on any atom is 0.416 e. The summed E-state index contributed by atoms with van der Waals surface area (Å²) in [5, 5.41) is 0. The average molecular weight is 720 g/mol. The highest BCUT2D eigenvalue weighted by atomic mass is 19.4. The molecule has 3 fully saturated rings. The second-order valence-electron chi connectivity index (χ2n) is 14.9. The minimum Gasteiger partial charge on any atom is -0.444 e. The van der Waals surface area contributed by atoms with Crippen LogP contribution in [0.15, 0.2) is 60.9 Å². The van der Waals surface area contributed by atoms with Crippen molar-refractivity contribution in [3.63, 3.8) is 0 Å². The summed E-state index contributed by atoms with van der Waals surface area (Å²) in [6, 6.07) is 10.5. The molecule has 4 atom stereocenters. The van der Waals surface area contributed by atoms with Gasteiger partial charge in [-0.2, -0.15) is 26.3 Å². The van der Waals surface area contributed by atoms with E-state index in [1.54, 1.807) is 38.1 Å². The zero-order valence-corrected chi connectivity index (χ0v) is 29.1. The molecule has 8 nitrogen and oxygen atoms in total. The highest BCUT2D eigenvalue weighted by Gasteiger charge is 2.63. The molecule has 0 radical (unpaired) electrons. The minimum absolute atomic E-state index is 0.0722. The first-order valence-corrected chi connectivity index (χ1v) is 17.2. The Morgan fingerprint density at radius 1 is 0.922 bits per heavy atom. The molecule has 2 saturated heterocycles. The number of morpholine rings is 1. The van der Waals surface area contributed by atoms with E-state index in [1.807, 2.05) is 42.2 Å². The van der Waals surface area contributed by atoms with Crippen molar-refractivity contribution < 1.29 is 40.6 Å². The maximum absolute atomic E-state index is 14.0. The average Bonchev–Trinajstić information content (AvgIpc) is 3.69. The van der Waals surface area contributed by atoms with Crippen LogP contribution >= 0.6 is 0 Å². The molecule has 3 aliphatic rings. The number of nitrogens with zero attached hydrogens (tertiary/aromatic N) is 5. The molecule has 6 rings (SSSR count). The Morgan fingerprint density at radius 3 is 2.04 bits per heavy atom. The summed E-state index contributed by atoms with van der Waals surface area (Å²) in [5.41, 5.74) is -2.63. The summed E-state index contributed by atoms with van der Waals surface area (Å²) in [4.78, 5) is 28.9. The fourth-order valence-electron chi connectivity index (χ4n) is 7.52. The van der Waals surface area contributed by atoms with Gasteiger partial charge in [0, 0.05) is 31.7 Å². The summed E-state index contributed by atoms with van der Waals surface area (Å²) < 4.78 is 95.1. The largest absolute Gasteiger partial charge is 0.444 e. The van der Waals surface area contributed by atoms with Crippen molar-refractivity contribution in [2.45, 2.75) is 95.5 Å². The molecule has 1 aliphatic carbocycles. The normalized spacial score (nSPS) is 24.1. The lowest BCUT2D eigenvalue weighted by Gasteiger charge is -2.49. The monoisotopic (exact) mass is 719 g/mol. The van der Waals surface area contributed by atoms with Crippen LogP contribution in [0.3, 0.4) is 0 Å². The number of anilines is 2. The third-order valence-electron chi connectivity index (χ3n) is 10.00. The number of likely N-dealkylation sites (tertiary alicyclic amines) is 1. The molecule has 3 heterocycles. The number of hydrogen-bond donors (Lipinski definition) is 0. The zero-order valence-electron chi connectivity index (χ0n) is 29.1. The van der Waals surface area contributed by atoms with Gasteiger partial charge in [0.2, 0.25) is 5.95 Å². The first-order chi connectivity index (χ1) is 23.9. The molecular weight excluding hydrogens is 676 g/mol. The van der Waals surface area contributed by atoms with Crippen LogP contribution in [0, 0.1) is 5.92 Å². The van der Waals surface area contributed by atoms with Gasteiger partial charge in [0.05, 0.1) is 48.0 Å². The van der Waals surface area contributed by atoms with Crippen LogP contribution < -0.4 is 9.80 Å². The van der Waals surface area contributed by atoms with E-state index < -0.39 is 52.8 Å². The van der Waals surface area contributed by atoms with E-state index in [-0.39, 0.29) is 30.0 Å². The smallest absolute Gasteiger partial charge is 0.416 e. The number of carbonyl (C=O) groups excluding carboxylic acids is 1. The lowest BCUT2D eigenvalue weighted by Crippen LogP contribution is -2.60. The fourth-order valence-corrected chi connectivity index (χ4v) is 7.52. The van der Waals surface area contributed by atoms with Crippen LogP contribution in [0.4, 0.5) is 42.8 Å². The van der Waals surface area contributed by atoms with Gasteiger partial charge in [-0.05, 0) is 81.7 Å². The summed E-state index contributed by atoms with van der Waals surface area (Å²) in [6.45, 7) is 9.45. The third kappa shape index (κ3) is 8.37. The van der Waals surface area contributed by atoms with E-state index in [9.17, 15) is 31.1 Å². The summed E-state index contributed by atoms with van der Waals surface area (Å²) >= 11 is 0. The van der Waals surface area contributed by atoms with Gasteiger partial charge in [0.25, 0.3) is 0 Å². The number of ether oxygens (including phenoxy) is 2. The van der Waals surface area contributed by atoms with E-state index in [1.165, 1.54) is 0 Å². The van der Waals surface area contributed by atoms with Gasteiger partial charge in [0.1, 0.15) is 5.60 Å². The van der Waals surface area contributed by atoms with E-state index in [0.717, 1.165) is 23.4 Å². The quantitative estimate of drug-likeness (QED) is 0.229. The Labute approximate surface area is 293 Å². The van der Waals surface area contributed by atoms with Crippen LogP contribution in [0.25, 0.3) is 0 Å². The molecule has 1 saturated carbocycles. The van der Waals surface area contributed by atoms with Crippen molar-refractivity contribution in [3.05, 3.63) is 83.2 Å². The molecule has 14 heteroatoms. The van der Waals surface area contributed by atoms with Gasteiger partial charge in [0.15, 0.2) is 0 Å². The van der Waals surface area contributed by atoms with E-state index in [4.69, 9.17) is 9.47 Å². The standard InChI is InChI=1S/C37H43F6N5O3/c1-24-19-35(24)20-30(18-29(16-25-8-6-5-7-9-25)48(35)33(49)51-34(2,3)4)47(32-44-21-31(22-45-32)46-10-12-50-13-11-46)23-26-14-27(36(38,39)40)17-28(15-26)37(41,42)43/h5-9,14-15,17,21-22,24,29-30H,10-13,16,18-20,23H2,1-4H3/t24?,29-,30+,35?/m0/s1. The Kier molecular flexibility index (Phi) is 9.94. The summed E-state index contributed by atoms with van der Waals surface area (Å²) in [7, 11) is 0. The Morgan fingerprint density at radius 2 is 1.51 bits per heavy atom. The molecule has 51 heavy (non-hydrogen) atoms. The van der Waals surface area contributed by atoms with Crippen LogP contribution in [0.5, 0.6) is 0 Å². The van der Waals surface area contributed by atoms with Crippen molar-refractivity contribution in [1.82, 2.24) is 14.9 Å². The molecule has 0 N–H and O–H groups in total. The third-order valence-corrected chi connectivity index (χ3v) is 10.00. The van der Waals surface area contributed by atoms with Crippen LogP contribution in [0.1, 0.15) is 69.2 Å². The molecule has 2 aromatic carbocycles. The van der Waals surface area contributed by atoms with Crippen LogP contribution in [-0.4, -0.2) is 70.5 Å². The highest BCUT2D eigenvalue weighted by molar-refractivity contribution is 5.71. The second-order valence-corrected chi connectivity index (χ2v) is 14.9. The number of carbonyl (C=O) groups is 1. The minimum atomic E-state index is -5.00. The molecular formula is C37H43F6N5O3. The van der Waals surface area contributed by atoms with Gasteiger partial charge in [-0.1, -0.05) is 37.3 Å².